The lowest BCUT2D eigenvalue weighted by atomic mass is 9.77. The van der Waals surface area contributed by atoms with Crippen molar-refractivity contribution in [2.45, 2.75) is 33.6 Å². The van der Waals surface area contributed by atoms with E-state index in [1.165, 1.54) is 12.1 Å². The van der Waals surface area contributed by atoms with Gasteiger partial charge in [0.1, 0.15) is 5.82 Å². The van der Waals surface area contributed by atoms with Gasteiger partial charge < -0.3 is 0 Å². The highest BCUT2D eigenvalue weighted by Gasteiger charge is 2.30. The van der Waals surface area contributed by atoms with Crippen LogP contribution in [0, 0.1) is 18.7 Å². The number of hydrogen-bond donors (Lipinski definition) is 0. The van der Waals surface area contributed by atoms with Gasteiger partial charge in [-0.1, -0.05) is 12.2 Å². The van der Waals surface area contributed by atoms with Crippen molar-refractivity contribution >= 4 is 11.4 Å². The molecule has 0 N–H and O–H groups in total. The second-order valence-electron chi connectivity index (χ2n) is 6.92. The molecule has 0 radical (unpaired) electrons. The SMILES string of the molecule is C=C(C)C1CC(=O)C(C)=C(c2c(C)nn(C)c2-c2ccc(F)cc2)C1. The van der Waals surface area contributed by atoms with Crippen LogP contribution in [-0.2, 0) is 11.8 Å². The summed E-state index contributed by atoms with van der Waals surface area (Å²) in [4.78, 5) is 12.5. The van der Waals surface area contributed by atoms with E-state index in [1.54, 1.807) is 12.1 Å². The van der Waals surface area contributed by atoms with Gasteiger partial charge in [0.05, 0.1) is 11.4 Å². The first kappa shape index (κ1) is 17.3. The number of rotatable bonds is 3. The van der Waals surface area contributed by atoms with Crippen LogP contribution >= 0.6 is 0 Å². The minimum Gasteiger partial charge on any atom is -0.295 e. The number of carbonyl (C=O) groups is 1. The first-order chi connectivity index (χ1) is 11.8. The van der Waals surface area contributed by atoms with Gasteiger partial charge in [0.15, 0.2) is 5.78 Å². The molecule has 1 aliphatic carbocycles. The molecule has 130 valence electrons. The maximum absolute atomic E-state index is 13.3. The number of halogens is 1. The minimum atomic E-state index is -0.269. The van der Waals surface area contributed by atoms with Gasteiger partial charge in [0.25, 0.3) is 0 Å². The largest absolute Gasteiger partial charge is 0.295 e. The molecule has 0 aliphatic heterocycles. The number of nitrogens with zero attached hydrogens (tertiary/aromatic N) is 2. The van der Waals surface area contributed by atoms with E-state index in [-0.39, 0.29) is 17.5 Å². The molecule has 0 spiro atoms. The van der Waals surface area contributed by atoms with Crippen molar-refractivity contribution < 1.29 is 9.18 Å². The number of ketones is 1. The lowest BCUT2D eigenvalue weighted by molar-refractivity contribution is -0.116. The fourth-order valence-electron chi connectivity index (χ4n) is 3.61. The van der Waals surface area contributed by atoms with Gasteiger partial charge in [0.2, 0.25) is 0 Å². The van der Waals surface area contributed by atoms with E-state index in [4.69, 9.17) is 0 Å². The van der Waals surface area contributed by atoms with Crippen LogP contribution in [0.5, 0.6) is 0 Å². The minimum absolute atomic E-state index is 0.159. The Morgan fingerprint density at radius 1 is 1.24 bits per heavy atom. The highest BCUT2D eigenvalue weighted by atomic mass is 19.1. The molecule has 1 aromatic heterocycles. The molecule has 2 aromatic rings. The Morgan fingerprint density at radius 2 is 1.88 bits per heavy atom. The standard InChI is InChI=1S/C21H23FN2O/c1-12(2)16-10-18(13(3)19(25)11-16)20-14(4)23-24(5)21(20)15-6-8-17(22)9-7-15/h6-9,16H,1,10-11H2,2-5H3. The zero-order chi connectivity index (χ0) is 18.3. The second-order valence-corrected chi connectivity index (χ2v) is 6.92. The van der Waals surface area contributed by atoms with Crippen molar-refractivity contribution in [2.24, 2.45) is 13.0 Å². The second kappa shape index (κ2) is 6.43. The Kier molecular flexibility index (Phi) is 4.46. The van der Waals surface area contributed by atoms with Crippen molar-refractivity contribution in [1.82, 2.24) is 9.78 Å². The monoisotopic (exact) mass is 338 g/mol. The summed E-state index contributed by atoms with van der Waals surface area (Å²) in [7, 11) is 1.88. The molecule has 1 atom stereocenters. The van der Waals surface area contributed by atoms with Gasteiger partial charge in [-0.15, -0.1) is 0 Å². The Balaban J connectivity index is 2.20. The highest BCUT2D eigenvalue weighted by Crippen LogP contribution is 2.41. The zero-order valence-electron chi connectivity index (χ0n) is 15.2. The van der Waals surface area contributed by atoms with Crippen LogP contribution in [0.15, 0.2) is 42.0 Å². The third kappa shape index (κ3) is 3.09. The zero-order valence-corrected chi connectivity index (χ0v) is 15.2. The van der Waals surface area contributed by atoms with Crippen molar-refractivity contribution in [3.63, 3.8) is 0 Å². The lowest BCUT2D eigenvalue weighted by Gasteiger charge is -2.26. The summed E-state index contributed by atoms with van der Waals surface area (Å²) in [6, 6.07) is 6.41. The predicted molar refractivity (Wildman–Crippen MR) is 98.5 cm³/mol. The number of aromatic nitrogens is 2. The normalized spacial score (nSPS) is 18.0. The van der Waals surface area contributed by atoms with Crippen molar-refractivity contribution in [3.8, 4) is 11.3 Å². The number of aryl methyl sites for hydroxylation is 2. The molecule has 25 heavy (non-hydrogen) atoms. The van der Waals surface area contributed by atoms with Crippen LogP contribution in [0.4, 0.5) is 4.39 Å². The number of hydrogen-bond acceptors (Lipinski definition) is 2. The fraction of sp³-hybridized carbons (Fsp3) is 0.333. The van der Waals surface area contributed by atoms with E-state index in [2.05, 4.69) is 11.7 Å². The summed E-state index contributed by atoms with van der Waals surface area (Å²) < 4.78 is 15.1. The molecule has 1 aliphatic rings. The quantitative estimate of drug-likeness (QED) is 0.749. The maximum atomic E-state index is 13.3. The van der Waals surface area contributed by atoms with Gasteiger partial charge in [0, 0.05) is 24.6 Å². The van der Waals surface area contributed by atoms with Crippen molar-refractivity contribution in [1.29, 1.82) is 0 Å². The van der Waals surface area contributed by atoms with Gasteiger partial charge in [-0.05, 0) is 68.5 Å². The third-order valence-corrected chi connectivity index (χ3v) is 5.09. The van der Waals surface area contributed by atoms with Gasteiger partial charge in [-0.3, -0.25) is 9.48 Å². The molecule has 4 heteroatoms. The van der Waals surface area contributed by atoms with Gasteiger partial charge in [-0.2, -0.15) is 5.10 Å². The van der Waals surface area contributed by atoms with Crippen LogP contribution in [0.3, 0.4) is 0 Å². The van der Waals surface area contributed by atoms with E-state index in [1.807, 2.05) is 32.5 Å². The smallest absolute Gasteiger partial charge is 0.159 e. The van der Waals surface area contributed by atoms with Gasteiger partial charge >= 0.3 is 0 Å². The van der Waals surface area contributed by atoms with E-state index in [9.17, 15) is 9.18 Å². The molecule has 1 aromatic carbocycles. The molecule has 0 bridgehead atoms. The topological polar surface area (TPSA) is 34.9 Å². The third-order valence-electron chi connectivity index (χ3n) is 5.09. The summed E-state index contributed by atoms with van der Waals surface area (Å²) in [6.45, 7) is 9.88. The van der Waals surface area contributed by atoms with E-state index in [0.29, 0.717) is 6.42 Å². The summed E-state index contributed by atoms with van der Waals surface area (Å²) >= 11 is 0. The highest BCUT2D eigenvalue weighted by molar-refractivity contribution is 6.05. The first-order valence-corrected chi connectivity index (χ1v) is 8.47. The van der Waals surface area contributed by atoms with E-state index in [0.717, 1.165) is 45.7 Å². The molecule has 0 saturated carbocycles. The average Bonchev–Trinajstić information content (AvgIpc) is 2.85. The summed E-state index contributed by atoms with van der Waals surface area (Å²) in [5.74, 6) is 0.0595. The Labute approximate surface area is 147 Å². The number of carbonyl (C=O) groups excluding carboxylic acids is 1. The summed E-state index contributed by atoms with van der Waals surface area (Å²) in [5.41, 5.74) is 6.55. The molecule has 0 fully saturated rings. The number of benzene rings is 1. The van der Waals surface area contributed by atoms with Crippen LogP contribution < -0.4 is 0 Å². The summed E-state index contributed by atoms with van der Waals surface area (Å²) in [5, 5.41) is 4.57. The van der Waals surface area contributed by atoms with Gasteiger partial charge in [-0.25, -0.2) is 4.39 Å². The molecule has 0 amide bonds. The van der Waals surface area contributed by atoms with Crippen molar-refractivity contribution in [2.75, 3.05) is 0 Å². The van der Waals surface area contributed by atoms with E-state index >= 15 is 0 Å². The Morgan fingerprint density at radius 3 is 2.48 bits per heavy atom. The van der Waals surface area contributed by atoms with Crippen molar-refractivity contribution in [3.05, 3.63) is 59.1 Å². The van der Waals surface area contributed by atoms with Crippen LogP contribution in [-0.4, -0.2) is 15.6 Å². The summed E-state index contributed by atoms with van der Waals surface area (Å²) in [6.07, 6.45) is 1.31. The molecule has 1 heterocycles. The van der Waals surface area contributed by atoms with Crippen LogP contribution in [0.25, 0.3) is 16.8 Å². The van der Waals surface area contributed by atoms with Crippen LogP contribution in [0.2, 0.25) is 0 Å². The molecule has 3 rings (SSSR count). The first-order valence-electron chi connectivity index (χ1n) is 8.47. The Bertz CT molecular complexity index is 887. The predicted octanol–water partition coefficient (Wildman–Crippen LogP) is 4.86. The molecule has 1 unspecified atom stereocenters. The fourth-order valence-corrected chi connectivity index (χ4v) is 3.61. The molecule has 0 saturated heterocycles. The Hall–Kier alpha value is -2.49. The number of Topliss-reactive ketones (excluding diaryl/α,β-unsaturated/α-hetero) is 1. The average molecular weight is 338 g/mol. The molecular formula is C21H23FN2O. The lowest BCUT2D eigenvalue weighted by Crippen LogP contribution is -2.18. The number of allylic oxidation sites excluding steroid dienone is 3. The van der Waals surface area contributed by atoms with Crippen LogP contribution in [0.1, 0.15) is 37.9 Å². The van der Waals surface area contributed by atoms with E-state index < -0.39 is 0 Å². The molecule has 3 nitrogen and oxygen atoms in total. The maximum Gasteiger partial charge on any atom is 0.159 e. The molecular weight excluding hydrogens is 315 g/mol.